The zero-order valence-corrected chi connectivity index (χ0v) is 14.7. The summed E-state index contributed by atoms with van der Waals surface area (Å²) in [6.07, 6.45) is 5.77. The molecule has 0 radical (unpaired) electrons. The summed E-state index contributed by atoms with van der Waals surface area (Å²) < 4.78 is 0. The summed E-state index contributed by atoms with van der Waals surface area (Å²) in [5, 5.41) is 6.37. The van der Waals surface area contributed by atoms with Gasteiger partial charge in [0.15, 0.2) is 5.82 Å². The highest BCUT2D eigenvalue weighted by Crippen LogP contribution is 2.20. The molecule has 0 fully saturated rings. The molecular formula is C21H16N4S. The highest BCUT2D eigenvalue weighted by molar-refractivity contribution is 7.10. The third-order valence-electron chi connectivity index (χ3n) is 3.73. The molecule has 0 saturated carbocycles. The van der Waals surface area contributed by atoms with Crippen LogP contribution in [0.4, 0.5) is 5.82 Å². The van der Waals surface area contributed by atoms with Crippen LogP contribution in [0.25, 0.3) is 23.2 Å². The van der Waals surface area contributed by atoms with Crippen LogP contribution in [0.15, 0.2) is 77.2 Å². The van der Waals surface area contributed by atoms with Gasteiger partial charge in [0, 0.05) is 4.88 Å². The van der Waals surface area contributed by atoms with E-state index in [4.69, 9.17) is 4.98 Å². The van der Waals surface area contributed by atoms with Crippen LogP contribution < -0.4 is 5.43 Å². The Morgan fingerprint density at radius 2 is 1.58 bits per heavy atom. The van der Waals surface area contributed by atoms with E-state index in [1.807, 2.05) is 72.8 Å². The van der Waals surface area contributed by atoms with Gasteiger partial charge in [-0.15, -0.1) is 11.3 Å². The summed E-state index contributed by atoms with van der Waals surface area (Å²) >= 11 is 1.68. The van der Waals surface area contributed by atoms with Crippen LogP contribution in [0.1, 0.15) is 16.1 Å². The maximum absolute atomic E-state index is 4.72. The highest BCUT2D eigenvalue weighted by atomic mass is 32.1. The number of nitrogens with one attached hydrogen (secondary N) is 1. The Morgan fingerprint density at radius 3 is 2.35 bits per heavy atom. The minimum atomic E-state index is 0.628. The Kier molecular flexibility index (Phi) is 4.80. The number of hydrogen-bond acceptors (Lipinski definition) is 5. The third-order valence-corrected chi connectivity index (χ3v) is 4.57. The molecule has 4 rings (SSSR count). The molecule has 0 amide bonds. The average Bonchev–Trinajstić information content (AvgIpc) is 3.21. The molecule has 0 saturated heterocycles. The van der Waals surface area contributed by atoms with Crippen molar-refractivity contribution in [3.63, 3.8) is 0 Å². The van der Waals surface area contributed by atoms with Crippen molar-refractivity contribution in [1.82, 2.24) is 9.97 Å². The Bertz CT molecular complexity index is 1050. The average molecular weight is 356 g/mol. The van der Waals surface area contributed by atoms with Crippen LogP contribution in [0.5, 0.6) is 0 Å². The molecule has 0 spiro atoms. The van der Waals surface area contributed by atoms with Crippen LogP contribution in [0.2, 0.25) is 0 Å². The van der Waals surface area contributed by atoms with Gasteiger partial charge in [-0.2, -0.15) is 5.10 Å². The second kappa shape index (κ2) is 7.72. The first kappa shape index (κ1) is 16.2. The molecule has 1 N–H and O–H groups in total. The quantitative estimate of drug-likeness (QED) is 0.389. The van der Waals surface area contributed by atoms with Crippen molar-refractivity contribution in [1.29, 1.82) is 0 Å². The second-order valence-corrected chi connectivity index (χ2v) is 6.55. The van der Waals surface area contributed by atoms with Crippen molar-refractivity contribution in [3.05, 3.63) is 88.2 Å². The lowest BCUT2D eigenvalue weighted by Crippen LogP contribution is -1.99. The van der Waals surface area contributed by atoms with Crippen molar-refractivity contribution in [2.75, 3.05) is 5.43 Å². The smallest absolute Gasteiger partial charge is 0.173 e. The van der Waals surface area contributed by atoms with Crippen LogP contribution >= 0.6 is 11.3 Å². The molecule has 0 atom stereocenters. The molecule has 0 aliphatic rings. The van der Waals surface area contributed by atoms with Gasteiger partial charge in [0.05, 0.1) is 17.2 Å². The first-order chi connectivity index (χ1) is 12.9. The van der Waals surface area contributed by atoms with Crippen molar-refractivity contribution < 1.29 is 0 Å². The van der Waals surface area contributed by atoms with Crippen LogP contribution in [0.3, 0.4) is 0 Å². The van der Waals surface area contributed by atoms with Crippen molar-refractivity contribution in [2.24, 2.45) is 5.10 Å². The van der Waals surface area contributed by atoms with E-state index in [-0.39, 0.29) is 0 Å². The van der Waals surface area contributed by atoms with E-state index in [0.717, 1.165) is 22.3 Å². The number of thiophene rings is 1. The van der Waals surface area contributed by atoms with Gasteiger partial charge in [-0.05, 0) is 41.3 Å². The highest BCUT2D eigenvalue weighted by Gasteiger charge is 2.06. The fourth-order valence-corrected chi connectivity index (χ4v) is 3.08. The topological polar surface area (TPSA) is 50.2 Å². The SMILES string of the molecule is C(=N/Nc1nc2ccccc2nc1/C=C/c1cccs1)/c1ccccc1. The first-order valence-electron chi connectivity index (χ1n) is 8.21. The molecular weight excluding hydrogens is 340 g/mol. The summed E-state index contributed by atoms with van der Waals surface area (Å²) in [5.74, 6) is 0.628. The lowest BCUT2D eigenvalue weighted by atomic mass is 10.2. The van der Waals surface area contributed by atoms with Gasteiger partial charge in [-0.3, -0.25) is 5.43 Å². The van der Waals surface area contributed by atoms with E-state index in [0.29, 0.717) is 5.82 Å². The van der Waals surface area contributed by atoms with Gasteiger partial charge in [0.1, 0.15) is 5.69 Å². The summed E-state index contributed by atoms with van der Waals surface area (Å²) in [6.45, 7) is 0. The van der Waals surface area contributed by atoms with Crippen molar-refractivity contribution in [3.8, 4) is 0 Å². The van der Waals surface area contributed by atoms with Crippen LogP contribution in [0, 0.1) is 0 Å². The monoisotopic (exact) mass is 356 g/mol. The fourth-order valence-electron chi connectivity index (χ4n) is 2.47. The minimum Gasteiger partial charge on any atom is -0.260 e. The van der Waals surface area contributed by atoms with Crippen molar-refractivity contribution >= 4 is 46.6 Å². The fraction of sp³-hybridized carbons (Fsp3) is 0. The number of fused-ring (bicyclic) bond motifs is 1. The van der Waals surface area contributed by atoms with E-state index in [2.05, 4.69) is 27.0 Å². The number of benzene rings is 2. The lowest BCUT2D eigenvalue weighted by Gasteiger charge is -2.06. The van der Waals surface area contributed by atoms with Gasteiger partial charge >= 0.3 is 0 Å². The largest absolute Gasteiger partial charge is 0.260 e. The molecule has 0 unspecified atom stereocenters. The number of para-hydroxylation sites is 2. The van der Waals surface area contributed by atoms with Gasteiger partial charge in [-0.25, -0.2) is 9.97 Å². The molecule has 4 aromatic rings. The summed E-state index contributed by atoms with van der Waals surface area (Å²) in [5.41, 5.74) is 6.49. The predicted octanol–water partition coefficient (Wildman–Crippen LogP) is 5.31. The van der Waals surface area contributed by atoms with Gasteiger partial charge < -0.3 is 0 Å². The molecule has 126 valence electrons. The van der Waals surface area contributed by atoms with Crippen LogP contribution in [-0.4, -0.2) is 16.2 Å². The number of hydrazone groups is 1. The maximum atomic E-state index is 4.72. The van der Waals surface area contributed by atoms with Gasteiger partial charge in [-0.1, -0.05) is 48.5 Å². The van der Waals surface area contributed by atoms with E-state index in [1.54, 1.807) is 17.6 Å². The second-order valence-electron chi connectivity index (χ2n) is 5.58. The number of nitrogens with zero attached hydrogens (tertiary/aromatic N) is 3. The molecule has 5 heteroatoms. The number of hydrogen-bond donors (Lipinski definition) is 1. The number of aromatic nitrogens is 2. The zero-order chi connectivity index (χ0) is 17.6. The Morgan fingerprint density at radius 1 is 0.808 bits per heavy atom. The van der Waals surface area contributed by atoms with Gasteiger partial charge in [0.25, 0.3) is 0 Å². The Hall–Kier alpha value is -3.31. The number of rotatable bonds is 5. The molecule has 2 aromatic carbocycles. The molecule has 0 bridgehead atoms. The lowest BCUT2D eigenvalue weighted by molar-refractivity contribution is 1.20. The molecule has 4 nitrogen and oxygen atoms in total. The zero-order valence-electron chi connectivity index (χ0n) is 13.9. The molecule has 0 aliphatic heterocycles. The maximum Gasteiger partial charge on any atom is 0.173 e. The molecule has 2 heterocycles. The Labute approximate surface area is 155 Å². The summed E-state index contributed by atoms with van der Waals surface area (Å²) in [7, 11) is 0. The normalized spacial score (nSPS) is 11.5. The summed E-state index contributed by atoms with van der Waals surface area (Å²) in [6, 6.07) is 21.8. The standard InChI is InChI=1S/C21H16N4S/c1-2-7-16(8-3-1)15-22-25-21-20(13-12-17-9-6-14-26-17)23-18-10-4-5-11-19(18)24-21/h1-15H,(H,24,25)/b13-12+,22-15-. The number of anilines is 1. The van der Waals surface area contributed by atoms with Gasteiger partial charge in [0.2, 0.25) is 0 Å². The summed E-state index contributed by atoms with van der Waals surface area (Å²) in [4.78, 5) is 10.6. The van der Waals surface area contributed by atoms with Crippen LogP contribution in [-0.2, 0) is 0 Å². The molecule has 26 heavy (non-hydrogen) atoms. The van der Waals surface area contributed by atoms with E-state index in [1.165, 1.54) is 4.88 Å². The molecule has 2 aromatic heterocycles. The third kappa shape index (κ3) is 3.84. The van der Waals surface area contributed by atoms with E-state index in [9.17, 15) is 0 Å². The Balaban J connectivity index is 1.66. The minimum absolute atomic E-state index is 0.628. The van der Waals surface area contributed by atoms with E-state index >= 15 is 0 Å². The van der Waals surface area contributed by atoms with Crippen molar-refractivity contribution in [2.45, 2.75) is 0 Å². The van der Waals surface area contributed by atoms with E-state index < -0.39 is 0 Å². The predicted molar refractivity (Wildman–Crippen MR) is 110 cm³/mol. The first-order valence-corrected chi connectivity index (χ1v) is 9.09. The molecule has 0 aliphatic carbocycles.